The summed E-state index contributed by atoms with van der Waals surface area (Å²) in [6.07, 6.45) is 5.13. The monoisotopic (exact) mass is 444 g/mol. The standard InChI is InChI=1S/C20H23N7O3S/c1-21-19(29)16-13(10-15(26-27-16)25-18(28)12-11-20(12)5-6-20)24-17-14(4-2-7-22-17)31(30)9-3-8-23-31/h2,4,7,10,12H,3,5-6,8-9,11H2,1H3,(H,21,29)(H2,22,24,25,26,28)/t12-,31?/m1/s1/i1D3. The Kier molecular flexibility index (Phi) is 3.88. The fourth-order valence-electron chi connectivity index (χ4n) is 4.01. The van der Waals surface area contributed by atoms with E-state index in [1.54, 1.807) is 12.1 Å². The van der Waals surface area contributed by atoms with Crippen molar-refractivity contribution in [3.8, 4) is 0 Å². The fourth-order valence-corrected chi connectivity index (χ4v) is 6.14. The van der Waals surface area contributed by atoms with Crippen LogP contribution < -0.4 is 16.0 Å². The number of carbonyl (C=O) groups is 2. The maximum atomic E-state index is 13.3. The van der Waals surface area contributed by atoms with Crippen LogP contribution in [-0.2, 0) is 14.5 Å². The molecule has 2 fully saturated rings. The van der Waals surface area contributed by atoms with E-state index in [0.717, 1.165) is 19.3 Å². The van der Waals surface area contributed by atoms with Crippen LogP contribution in [0.3, 0.4) is 0 Å². The maximum Gasteiger partial charge on any atom is 0.273 e. The van der Waals surface area contributed by atoms with Gasteiger partial charge < -0.3 is 16.0 Å². The van der Waals surface area contributed by atoms with Gasteiger partial charge in [-0.05, 0) is 43.2 Å². The Balaban J connectivity index is 1.48. The third kappa shape index (κ3) is 3.62. The number of nitrogens with zero attached hydrogens (tertiary/aromatic N) is 4. The number of pyridine rings is 1. The van der Waals surface area contributed by atoms with E-state index >= 15 is 0 Å². The van der Waals surface area contributed by atoms with Crippen molar-refractivity contribution in [1.82, 2.24) is 20.5 Å². The molecule has 2 amide bonds. The van der Waals surface area contributed by atoms with E-state index in [2.05, 4.69) is 30.2 Å². The van der Waals surface area contributed by atoms with Crippen LogP contribution in [0.25, 0.3) is 0 Å². The molecule has 0 radical (unpaired) electrons. The predicted octanol–water partition coefficient (Wildman–Crippen LogP) is 1.94. The van der Waals surface area contributed by atoms with Crippen LogP contribution in [0.5, 0.6) is 0 Å². The summed E-state index contributed by atoms with van der Waals surface area (Å²) in [5.41, 5.74) is -0.101. The lowest BCUT2D eigenvalue weighted by Gasteiger charge is -2.15. The summed E-state index contributed by atoms with van der Waals surface area (Å²) in [5.74, 6) is -0.514. The van der Waals surface area contributed by atoms with Crippen LogP contribution in [-0.4, -0.2) is 50.5 Å². The third-order valence-corrected chi connectivity index (χ3v) is 8.48. The zero-order valence-electron chi connectivity index (χ0n) is 19.6. The van der Waals surface area contributed by atoms with Gasteiger partial charge >= 0.3 is 0 Å². The zero-order chi connectivity index (χ0) is 24.1. The van der Waals surface area contributed by atoms with Crippen LogP contribution in [0.1, 0.15) is 40.3 Å². The summed E-state index contributed by atoms with van der Waals surface area (Å²) in [5, 5.41) is 15.3. The zero-order valence-corrected chi connectivity index (χ0v) is 17.4. The average molecular weight is 445 g/mol. The number of hydrogen-bond donors (Lipinski definition) is 3. The Morgan fingerprint density at radius 3 is 2.90 bits per heavy atom. The SMILES string of the molecule is [2H]C([2H])([2H])NC(=O)c1nnc(NC(=O)[C@H]2CC23CC3)cc1Nc1ncccc1S1(=O)=NCCC1. The van der Waals surface area contributed by atoms with Gasteiger partial charge in [0, 0.05) is 41.6 Å². The van der Waals surface area contributed by atoms with Gasteiger partial charge in [0.1, 0.15) is 5.82 Å². The second-order valence-electron chi connectivity index (χ2n) is 8.08. The number of anilines is 3. The van der Waals surface area contributed by atoms with Crippen LogP contribution in [0.4, 0.5) is 17.3 Å². The van der Waals surface area contributed by atoms with E-state index in [1.165, 1.54) is 12.3 Å². The topological polar surface area (TPSA) is 138 Å². The molecular weight excluding hydrogens is 418 g/mol. The first kappa shape index (κ1) is 16.6. The molecule has 10 nitrogen and oxygen atoms in total. The van der Waals surface area contributed by atoms with E-state index in [4.69, 9.17) is 4.11 Å². The van der Waals surface area contributed by atoms with E-state index in [-0.39, 0.29) is 40.3 Å². The summed E-state index contributed by atoms with van der Waals surface area (Å²) in [6.45, 7) is -2.26. The second-order valence-corrected chi connectivity index (χ2v) is 10.5. The molecule has 2 aromatic heterocycles. The molecule has 11 heteroatoms. The van der Waals surface area contributed by atoms with E-state index in [1.807, 2.05) is 5.32 Å². The molecule has 31 heavy (non-hydrogen) atoms. The summed E-state index contributed by atoms with van der Waals surface area (Å²) < 4.78 is 39.5. The first-order valence-electron chi connectivity index (χ1n) is 11.5. The Hall–Kier alpha value is -3.08. The smallest absolute Gasteiger partial charge is 0.273 e. The van der Waals surface area contributed by atoms with Crippen LogP contribution in [0.2, 0.25) is 0 Å². The molecule has 3 heterocycles. The number of amides is 2. The average Bonchev–Trinajstić information content (AvgIpc) is 3.66. The lowest BCUT2D eigenvalue weighted by atomic mass is 10.2. The van der Waals surface area contributed by atoms with Gasteiger partial charge in [-0.15, -0.1) is 10.2 Å². The van der Waals surface area contributed by atoms with Crippen molar-refractivity contribution in [3.05, 3.63) is 30.1 Å². The molecule has 3 aliphatic rings. The Morgan fingerprint density at radius 1 is 1.32 bits per heavy atom. The maximum absolute atomic E-state index is 13.3. The Bertz CT molecular complexity index is 1300. The normalized spacial score (nSPS) is 26.7. The minimum atomic E-state index is -2.74. The molecule has 0 bridgehead atoms. The molecular formula is C20H23N7O3S. The highest BCUT2D eigenvalue weighted by atomic mass is 32.2. The molecule has 2 atom stereocenters. The van der Waals surface area contributed by atoms with Crippen molar-refractivity contribution in [3.63, 3.8) is 0 Å². The first-order valence-corrected chi connectivity index (χ1v) is 11.7. The van der Waals surface area contributed by atoms with Gasteiger partial charge in [-0.2, -0.15) is 0 Å². The third-order valence-electron chi connectivity index (χ3n) is 6.02. The molecule has 162 valence electrons. The highest BCUT2D eigenvalue weighted by Crippen LogP contribution is 2.70. The first-order chi connectivity index (χ1) is 16.1. The van der Waals surface area contributed by atoms with Crippen LogP contribution in [0.15, 0.2) is 33.7 Å². The van der Waals surface area contributed by atoms with Crippen molar-refractivity contribution in [1.29, 1.82) is 0 Å². The highest BCUT2D eigenvalue weighted by Gasteiger charge is 2.65. The van der Waals surface area contributed by atoms with Gasteiger partial charge in [-0.25, -0.2) is 13.6 Å². The molecule has 5 rings (SSSR count). The Morgan fingerprint density at radius 2 is 2.19 bits per heavy atom. The van der Waals surface area contributed by atoms with Crippen molar-refractivity contribution in [2.45, 2.75) is 30.6 Å². The molecule has 2 saturated carbocycles. The second kappa shape index (κ2) is 7.26. The van der Waals surface area contributed by atoms with Crippen molar-refractivity contribution >= 4 is 38.9 Å². The molecule has 1 aliphatic heterocycles. The van der Waals surface area contributed by atoms with Crippen molar-refractivity contribution in [2.75, 3.05) is 29.9 Å². The molecule has 0 saturated heterocycles. The van der Waals surface area contributed by atoms with E-state index in [0.29, 0.717) is 23.6 Å². The van der Waals surface area contributed by atoms with Gasteiger partial charge in [0.15, 0.2) is 11.5 Å². The van der Waals surface area contributed by atoms with Crippen molar-refractivity contribution in [2.24, 2.45) is 15.7 Å². The summed E-state index contributed by atoms with van der Waals surface area (Å²) in [4.78, 5) is 29.8. The van der Waals surface area contributed by atoms with Gasteiger partial charge in [-0.1, -0.05) is 0 Å². The van der Waals surface area contributed by atoms with Crippen LogP contribution >= 0.6 is 0 Å². The minimum absolute atomic E-state index is 0.0560. The minimum Gasteiger partial charge on any atom is -0.354 e. The van der Waals surface area contributed by atoms with Gasteiger partial charge in [0.2, 0.25) is 5.91 Å². The molecule has 2 aromatic rings. The molecule has 1 unspecified atom stereocenters. The molecule has 2 aliphatic carbocycles. The highest BCUT2D eigenvalue weighted by molar-refractivity contribution is 7.94. The summed E-state index contributed by atoms with van der Waals surface area (Å²) in [6, 6.07) is 4.68. The largest absolute Gasteiger partial charge is 0.354 e. The Labute approximate surface area is 184 Å². The predicted molar refractivity (Wildman–Crippen MR) is 115 cm³/mol. The number of nitrogens with one attached hydrogen (secondary N) is 3. The summed E-state index contributed by atoms with van der Waals surface area (Å²) in [7, 11) is -2.68. The van der Waals surface area contributed by atoms with E-state index < -0.39 is 22.6 Å². The molecule has 3 N–H and O–H groups in total. The quantitative estimate of drug-likeness (QED) is 0.619. The van der Waals surface area contributed by atoms with Gasteiger partial charge in [-0.3, -0.25) is 9.59 Å². The number of carbonyl (C=O) groups excluding carboxylic acids is 2. The molecule has 0 aromatic carbocycles. The van der Waals surface area contributed by atoms with Crippen LogP contribution in [0, 0.1) is 11.3 Å². The fraction of sp³-hybridized carbons (Fsp3) is 0.450. The molecule has 1 spiro atoms. The summed E-state index contributed by atoms with van der Waals surface area (Å²) >= 11 is 0. The van der Waals surface area contributed by atoms with Gasteiger partial charge in [0.05, 0.1) is 20.3 Å². The number of aromatic nitrogens is 3. The lowest BCUT2D eigenvalue weighted by molar-refractivity contribution is -0.117. The number of rotatable bonds is 6. The van der Waals surface area contributed by atoms with Crippen molar-refractivity contribution < 1.29 is 17.9 Å². The van der Waals surface area contributed by atoms with Gasteiger partial charge in [0.25, 0.3) is 5.91 Å². The lowest BCUT2D eigenvalue weighted by Crippen LogP contribution is -2.23. The number of hydrogen-bond acceptors (Lipinski definition) is 8. The van der Waals surface area contributed by atoms with E-state index in [9.17, 15) is 13.8 Å².